The predicted molar refractivity (Wildman–Crippen MR) is 171 cm³/mol. The molecular weight excluding hydrogens is 629 g/mol. The van der Waals surface area contributed by atoms with Crippen molar-refractivity contribution >= 4 is 12.2 Å². The molecule has 2 N–H and O–H groups in total. The molecule has 0 amide bonds. The third-order valence-electron chi connectivity index (χ3n) is 12.3. The number of nitrogens with zero attached hydrogens (tertiary/aromatic N) is 1. The van der Waals surface area contributed by atoms with E-state index < -0.39 is 52.8 Å². The highest BCUT2D eigenvalue weighted by molar-refractivity contribution is 5.68. The second kappa shape index (κ2) is 11.2. The van der Waals surface area contributed by atoms with Gasteiger partial charge in [-0.1, -0.05) is 62.8 Å². The van der Waals surface area contributed by atoms with E-state index in [4.69, 9.17) is 9.47 Å². The first-order valence-electron chi connectivity index (χ1n) is 17.0. The van der Waals surface area contributed by atoms with Gasteiger partial charge in [-0.05, 0) is 85.3 Å². The molecule has 2 aromatic rings. The van der Waals surface area contributed by atoms with Crippen molar-refractivity contribution in [1.82, 2.24) is 4.98 Å². The first kappa shape index (κ1) is 33.8. The van der Waals surface area contributed by atoms with Gasteiger partial charge in [0.05, 0.1) is 24.5 Å². The van der Waals surface area contributed by atoms with Gasteiger partial charge >= 0.3 is 12.1 Å². The number of alkyl halides is 5. The van der Waals surface area contributed by atoms with Gasteiger partial charge in [-0.15, -0.1) is 0 Å². The first-order valence-corrected chi connectivity index (χ1v) is 17.0. The number of allylic oxidation sites excluding steroid dienone is 1. The van der Waals surface area contributed by atoms with E-state index >= 15 is 8.78 Å². The number of rotatable bonds is 4. The van der Waals surface area contributed by atoms with Crippen LogP contribution in [0.15, 0.2) is 59.8 Å². The van der Waals surface area contributed by atoms with Crippen LogP contribution in [-0.2, 0) is 9.47 Å². The minimum Gasteiger partial charge on any atom is -0.385 e. The molecule has 0 radical (unpaired) electrons. The molecule has 0 unspecified atom stereocenters. The summed E-state index contributed by atoms with van der Waals surface area (Å²) in [6, 6.07) is 13.1. The summed E-state index contributed by atoms with van der Waals surface area (Å²) in [5.74, 6) is -7.78. The van der Waals surface area contributed by atoms with Crippen LogP contribution in [-0.4, -0.2) is 57.5 Å². The number of hydrogen-bond acceptors (Lipinski definition) is 5. The van der Waals surface area contributed by atoms with Crippen LogP contribution in [0.25, 0.3) is 12.2 Å². The summed E-state index contributed by atoms with van der Waals surface area (Å²) in [4.78, 5) is 4.33. The summed E-state index contributed by atoms with van der Waals surface area (Å²) in [5.41, 5.74) is -2.34. The third-order valence-corrected chi connectivity index (χ3v) is 12.3. The van der Waals surface area contributed by atoms with Gasteiger partial charge in [-0.25, -0.2) is 0 Å². The molecular formula is C38H44F5NO4. The number of hydrogen-bond donors (Lipinski definition) is 2. The molecule has 4 aliphatic carbocycles. The highest BCUT2D eigenvalue weighted by Crippen LogP contribution is 2.71. The van der Waals surface area contributed by atoms with E-state index in [0.717, 1.165) is 28.0 Å². The molecule has 1 spiro atoms. The van der Waals surface area contributed by atoms with Crippen molar-refractivity contribution in [2.45, 2.75) is 107 Å². The molecule has 5 aliphatic rings. The molecule has 6 atom stereocenters. The van der Waals surface area contributed by atoms with Gasteiger partial charge in [0.2, 0.25) is 0 Å². The van der Waals surface area contributed by atoms with E-state index in [1.807, 2.05) is 54.6 Å². The molecule has 0 bridgehead atoms. The number of ether oxygens (including phenoxy) is 2. The number of fused-ring (bicyclic) bond motifs is 4. The van der Waals surface area contributed by atoms with Gasteiger partial charge in [0.25, 0.3) is 0 Å². The molecule has 4 fully saturated rings. The summed E-state index contributed by atoms with van der Waals surface area (Å²) in [6.45, 7) is 6.54. The zero-order valence-corrected chi connectivity index (χ0v) is 27.6. The van der Waals surface area contributed by atoms with E-state index in [2.05, 4.69) is 18.8 Å². The Morgan fingerprint density at radius 3 is 2.33 bits per heavy atom. The second-order valence-electron chi connectivity index (χ2n) is 15.9. The lowest BCUT2D eigenvalue weighted by Crippen LogP contribution is -2.65. The molecule has 5 nitrogen and oxygen atoms in total. The van der Waals surface area contributed by atoms with Gasteiger partial charge in [-0.3, -0.25) is 4.98 Å². The van der Waals surface area contributed by atoms with Crippen molar-refractivity contribution in [2.24, 2.45) is 22.7 Å². The van der Waals surface area contributed by atoms with E-state index in [1.165, 1.54) is 6.92 Å². The van der Waals surface area contributed by atoms with E-state index in [-0.39, 0.29) is 30.6 Å². The van der Waals surface area contributed by atoms with Crippen molar-refractivity contribution in [3.8, 4) is 0 Å². The number of aromatic nitrogens is 1. The summed E-state index contributed by atoms with van der Waals surface area (Å²) in [7, 11) is 0. The monoisotopic (exact) mass is 673 g/mol. The molecule has 1 aromatic carbocycles. The van der Waals surface area contributed by atoms with E-state index in [0.29, 0.717) is 38.9 Å². The molecule has 1 aliphatic heterocycles. The summed E-state index contributed by atoms with van der Waals surface area (Å²) in [5, 5.41) is 24.0. The average molecular weight is 674 g/mol. The maximum absolute atomic E-state index is 15.4. The number of pyridine rings is 1. The molecule has 7 rings (SSSR count). The van der Waals surface area contributed by atoms with Crippen LogP contribution in [0.4, 0.5) is 22.0 Å². The van der Waals surface area contributed by atoms with Crippen molar-refractivity contribution in [3.63, 3.8) is 0 Å². The van der Waals surface area contributed by atoms with Crippen LogP contribution >= 0.6 is 0 Å². The highest BCUT2D eigenvalue weighted by Gasteiger charge is 2.79. The Kier molecular flexibility index (Phi) is 7.87. The fourth-order valence-corrected chi connectivity index (χ4v) is 9.84. The fraction of sp³-hybridized carbons (Fsp3) is 0.605. The highest BCUT2D eigenvalue weighted by atomic mass is 19.4. The number of aliphatic hydroxyl groups is 2. The maximum atomic E-state index is 15.4. The SMILES string of the molecule is CC1(C)COC2(CCC3=C4[C@@H](CC[C@@]3(O)C2)[C@@H]2CC[C@@](O)(C(F)(F)C(F)(F)F)[C@@]2(C)C[C@@H]4c2cccc(C=Cc3ccccn3)c2)OC1. The van der Waals surface area contributed by atoms with Gasteiger partial charge in [0.15, 0.2) is 5.79 Å². The smallest absolute Gasteiger partial charge is 0.385 e. The minimum absolute atomic E-state index is 0.0450. The van der Waals surface area contributed by atoms with Crippen LogP contribution in [0, 0.1) is 22.7 Å². The van der Waals surface area contributed by atoms with E-state index in [9.17, 15) is 23.4 Å². The van der Waals surface area contributed by atoms with Gasteiger partial charge < -0.3 is 19.7 Å². The summed E-state index contributed by atoms with van der Waals surface area (Å²) in [6.07, 6.45) is 0.743. The Balaban J connectivity index is 1.33. The Labute approximate surface area is 278 Å². The van der Waals surface area contributed by atoms with Crippen molar-refractivity contribution in [1.29, 1.82) is 0 Å². The van der Waals surface area contributed by atoms with Crippen LogP contribution in [0.2, 0.25) is 0 Å². The lowest BCUT2D eigenvalue weighted by atomic mass is 9.49. The van der Waals surface area contributed by atoms with Crippen molar-refractivity contribution < 1.29 is 41.6 Å². The molecule has 3 saturated carbocycles. The van der Waals surface area contributed by atoms with Gasteiger partial charge in [0, 0.05) is 35.8 Å². The maximum Gasteiger partial charge on any atom is 0.456 e. The third kappa shape index (κ3) is 5.19. The average Bonchev–Trinajstić information content (AvgIpc) is 3.32. The molecule has 2 heterocycles. The number of benzene rings is 1. The molecule has 48 heavy (non-hydrogen) atoms. The minimum atomic E-state index is -5.90. The summed E-state index contributed by atoms with van der Waals surface area (Å²) >= 11 is 0. The largest absolute Gasteiger partial charge is 0.456 e. The number of halogens is 5. The van der Waals surface area contributed by atoms with E-state index in [1.54, 1.807) is 6.20 Å². The predicted octanol–water partition coefficient (Wildman–Crippen LogP) is 8.48. The second-order valence-corrected chi connectivity index (χ2v) is 15.9. The zero-order valence-electron chi connectivity index (χ0n) is 27.6. The van der Waals surface area contributed by atoms with Crippen LogP contribution in [0.1, 0.15) is 94.9 Å². The van der Waals surface area contributed by atoms with Crippen molar-refractivity contribution in [2.75, 3.05) is 13.2 Å². The first-order chi connectivity index (χ1) is 22.4. The Bertz CT molecular complexity index is 1610. The Morgan fingerprint density at radius 2 is 1.65 bits per heavy atom. The quantitative estimate of drug-likeness (QED) is 0.252. The standard InChI is InChI=1S/C38H44F5NO4/c1-32(2)22-47-35(48-23-32)16-13-30-31-27(12-15-34(30,45)21-35)29-14-17-36(46,37(39,40)38(41,42)43)33(29,3)20-28(31)25-8-6-7-24(19-25)10-11-26-9-4-5-18-44-26/h4-11,18-19,27-29,45-46H,12-17,20-23H2,1-3H3/t27-,28+,29-,33-,34+,36-/m0/s1. The van der Waals surface area contributed by atoms with Gasteiger partial charge in [0.1, 0.15) is 5.60 Å². The topological polar surface area (TPSA) is 71.8 Å². The van der Waals surface area contributed by atoms with Crippen LogP contribution < -0.4 is 0 Å². The lowest BCUT2D eigenvalue weighted by molar-refractivity contribution is -0.362. The molecule has 1 saturated heterocycles. The Morgan fingerprint density at radius 1 is 0.896 bits per heavy atom. The van der Waals surface area contributed by atoms with Crippen LogP contribution in [0.5, 0.6) is 0 Å². The molecule has 10 heteroatoms. The lowest BCUT2D eigenvalue weighted by Gasteiger charge is -2.59. The normalized spacial score (nSPS) is 36.2. The molecule has 1 aromatic heterocycles. The van der Waals surface area contributed by atoms with Crippen molar-refractivity contribution in [3.05, 3.63) is 76.6 Å². The van der Waals surface area contributed by atoms with Crippen LogP contribution in [0.3, 0.4) is 0 Å². The molecule has 260 valence electrons. The fourth-order valence-electron chi connectivity index (χ4n) is 9.84. The van der Waals surface area contributed by atoms with Gasteiger partial charge in [-0.2, -0.15) is 22.0 Å². The Hall–Kier alpha value is -2.66. The zero-order chi connectivity index (χ0) is 34.4. The summed E-state index contributed by atoms with van der Waals surface area (Å²) < 4.78 is 85.5.